The van der Waals surface area contributed by atoms with Crippen LogP contribution in [0, 0.1) is 10.8 Å². The first-order valence-electron chi connectivity index (χ1n) is 7.52. The molecule has 0 heterocycles. The average Bonchev–Trinajstić information content (AvgIpc) is 2.53. The molecule has 0 nitrogen and oxygen atoms in total. The Balaban J connectivity index is 2.72. The van der Waals surface area contributed by atoms with Crippen LogP contribution >= 0.6 is 0 Å². The lowest BCUT2D eigenvalue weighted by Gasteiger charge is -2.78. The summed E-state index contributed by atoms with van der Waals surface area (Å²) in [4.78, 5) is 0. The van der Waals surface area contributed by atoms with Gasteiger partial charge in [0.1, 0.15) is 5.41 Å². The highest BCUT2D eigenvalue weighted by Crippen LogP contribution is 2.91. The largest absolute Gasteiger partial charge is 0.339 e. The smallest absolute Gasteiger partial charge is 0.229 e. The van der Waals surface area contributed by atoms with E-state index in [-0.39, 0.29) is 6.92 Å². The number of alkyl halides is 13. The maximum Gasteiger partial charge on any atom is 0.339 e. The predicted octanol–water partition coefficient (Wildman–Crippen LogP) is 5.75. The first-order chi connectivity index (χ1) is 11.6. The zero-order valence-corrected chi connectivity index (χ0v) is 13.6. The Labute approximate surface area is 143 Å². The lowest BCUT2D eigenvalue weighted by atomic mass is 9.30. The second kappa shape index (κ2) is 4.03. The van der Waals surface area contributed by atoms with Gasteiger partial charge in [-0.05, 0) is 13.3 Å². The van der Waals surface area contributed by atoms with Crippen molar-refractivity contribution in [3.8, 4) is 0 Å². The monoisotopic (exact) mass is 426 g/mol. The van der Waals surface area contributed by atoms with E-state index in [1.807, 2.05) is 0 Å². The molecule has 0 aliphatic heterocycles. The van der Waals surface area contributed by atoms with Crippen molar-refractivity contribution in [3.05, 3.63) is 0 Å². The minimum atomic E-state index is -7.34. The van der Waals surface area contributed by atoms with E-state index in [0.29, 0.717) is 6.92 Å². The normalized spacial score (nSPS) is 55.6. The number of rotatable bonds is 1. The van der Waals surface area contributed by atoms with Crippen LogP contribution < -0.4 is 0 Å². The third-order valence-electron chi connectivity index (χ3n) is 7.29. The summed E-state index contributed by atoms with van der Waals surface area (Å²) >= 11 is 0. The van der Waals surface area contributed by atoms with Gasteiger partial charge in [0.25, 0.3) is 0 Å². The molecule has 0 aromatic heterocycles. The molecule has 3 unspecified atom stereocenters. The van der Waals surface area contributed by atoms with E-state index in [2.05, 4.69) is 0 Å². The Bertz CT molecular complexity index is 635. The van der Waals surface area contributed by atoms with Crippen LogP contribution in [0.25, 0.3) is 0 Å². The Morgan fingerprint density at radius 3 is 0.963 bits per heavy atom. The van der Waals surface area contributed by atoms with Gasteiger partial charge in [0.15, 0.2) is 0 Å². The van der Waals surface area contributed by atoms with E-state index in [1.165, 1.54) is 0 Å². The quantitative estimate of drug-likeness (QED) is 0.469. The third kappa shape index (κ3) is 1.10. The van der Waals surface area contributed by atoms with Crippen molar-refractivity contribution in [1.29, 1.82) is 0 Å². The molecule has 0 amide bonds. The standard InChI is InChI=1S/C14H11F13/c1-4-5(2)6(3)10(18,19)8(16)12(22,23)7(5,15)13(24,25)9(17,11(6,20)21)14(8,26)27/h4H2,1-3H3. The highest BCUT2D eigenvalue weighted by molar-refractivity contribution is 5.51. The molecule has 0 saturated heterocycles. The molecule has 0 radical (unpaired) electrons. The molecule has 4 fully saturated rings. The number of halogens is 13. The molecule has 3 atom stereocenters. The Morgan fingerprint density at radius 1 is 0.444 bits per heavy atom. The molecular formula is C14H11F13. The van der Waals surface area contributed by atoms with Gasteiger partial charge >= 0.3 is 41.0 Å². The zero-order valence-electron chi connectivity index (χ0n) is 13.6. The summed E-state index contributed by atoms with van der Waals surface area (Å²) in [6.45, 7) is -0.242. The highest BCUT2D eigenvalue weighted by atomic mass is 19.3. The summed E-state index contributed by atoms with van der Waals surface area (Å²) in [7, 11) is 0. The van der Waals surface area contributed by atoms with Crippen LogP contribution in [0.4, 0.5) is 57.1 Å². The van der Waals surface area contributed by atoms with Crippen molar-refractivity contribution >= 4 is 0 Å². The Hall–Kier alpha value is -0.910. The SMILES string of the molecule is CCC1(C)C2(C)C(F)(F)C3(F)C(F)(F)C(F)(C2(F)F)C(F)(F)C1(F)C3(F)F. The highest BCUT2D eigenvalue weighted by Gasteiger charge is 3.19. The first kappa shape index (κ1) is 20.8. The van der Waals surface area contributed by atoms with E-state index < -0.39 is 70.8 Å². The molecular weight excluding hydrogens is 415 g/mol. The van der Waals surface area contributed by atoms with Crippen molar-refractivity contribution in [3.63, 3.8) is 0 Å². The summed E-state index contributed by atoms with van der Waals surface area (Å²) in [5.74, 6) is -34.2. The molecule has 4 aliphatic rings. The number of hydrogen-bond acceptors (Lipinski definition) is 0. The summed E-state index contributed by atoms with van der Waals surface area (Å²) in [5, 5.41) is 0. The summed E-state index contributed by atoms with van der Waals surface area (Å²) in [6.07, 6.45) is -1.62. The van der Waals surface area contributed by atoms with Gasteiger partial charge in [-0.3, -0.25) is 0 Å². The fourth-order valence-corrected chi connectivity index (χ4v) is 5.31. The Kier molecular flexibility index (Phi) is 3.11. The third-order valence-corrected chi connectivity index (χ3v) is 7.29. The van der Waals surface area contributed by atoms with Crippen molar-refractivity contribution in [2.75, 3.05) is 0 Å². The number of hydrogen-bond donors (Lipinski definition) is 0. The fourth-order valence-electron chi connectivity index (χ4n) is 5.31. The molecule has 0 aromatic carbocycles. The van der Waals surface area contributed by atoms with Crippen molar-refractivity contribution in [1.82, 2.24) is 0 Å². The lowest BCUT2D eigenvalue weighted by molar-refractivity contribution is -0.599. The Morgan fingerprint density at radius 2 is 0.704 bits per heavy atom. The summed E-state index contributed by atoms with van der Waals surface area (Å²) in [6, 6.07) is 0. The molecule has 158 valence electrons. The van der Waals surface area contributed by atoms with E-state index in [0.717, 1.165) is 0 Å². The van der Waals surface area contributed by atoms with E-state index in [9.17, 15) is 52.7 Å². The summed E-state index contributed by atoms with van der Waals surface area (Å²) in [5.41, 5.74) is -29.2. The molecule has 0 aromatic rings. The van der Waals surface area contributed by atoms with Crippen molar-refractivity contribution in [2.24, 2.45) is 10.8 Å². The molecule has 0 N–H and O–H groups in total. The van der Waals surface area contributed by atoms with E-state index >= 15 is 4.39 Å². The van der Waals surface area contributed by atoms with Crippen LogP contribution in [0.1, 0.15) is 27.2 Å². The maximum absolute atomic E-state index is 15.3. The lowest BCUT2D eigenvalue weighted by Crippen LogP contribution is -3.06. The van der Waals surface area contributed by atoms with Crippen LogP contribution in [0.5, 0.6) is 0 Å². The van der Waals surface area contributed by atoms with Gasteiger partial charge in [0.05, 0.1) is 0 Å². The molecule has 0 spiro atoms. The van der Waals surface area contributed by atoms with Gasteiger partial charge in [-0.15, -0.1) is 0 Å². The second-order valence-corrected chi connectivity index (χ2v) is 7.66. The second-order valence-electron chi connectivity index (χ2n) is 7.66. The minimum absolute atomic E-state index is 0.195. The van der Waals surface area contributed by atoms with Crippen LogP contribution in [0.2, 0.25) is 0 Å². The fraction of sp³-hybridized carbons (Fsp3) is 1.00. The minimum Gasteiger partial charge on any atom is -0.229 e. The van der Waals surface area contributed by atoms with Crippen LogP contribution in [0.15, 0.2) is 0 Å². The van der Waals surface area contributed by atoms with Gasteiger partial charge in [-0.1, -0.05) is 13.8 Å². The van der Waals surface area contributed by atoms with Gasteiger partial charge in [0.2, 0.25) is 5.67 Å². The summed E-state index contributed by atoms with van der Waals surface area (Å²) < 4.78 is 189. The van der Waals surface area contributed by atoms with Gasteiger partial charge in [0, 0.05) is 5.41 Å². The maximum atomic E-state index is 15.3. The van der Waals surface area contributed by atoms with Crippen LogP contribution in [-0.2, 0) is 0 Å². The first-order valence-corrected chi connectivity index (χ1v) is 7.52. The van der Waals surface area contributed by atoms with Crippen LogP contribution in [-0.4, -0.2) is 46.6 Å². The average molecular weight is 426 g/mol. The van der Waals surface area contributed by atoms with Gasteiger partial charge < -0.3 is 0 Å². The van der Waals surface area contributed by atoms with Crippen molar-refractivity contribution < 1.29 is 57.1 Å². The predicted molar refractivity (Wildman–Crippen MR) is 62.8 cm³/mol. The van der Waals surface area contributed by atoms with Crippen molar-refractivity contribution in [2.45, 2.75) is 73.8 Å². The molecule has 13 heteroatoms. The molecule has 27 heavy (non-hydrogen) atoms. The molecule has 4 bridgehead atoms. The van der Waals surface area contributed by atoms with E-state index in [4.69, 9.17) is 0 Å². The molecule has 4 saturated carbocycles. The molecule has 4 aliphatic carbocycles. The van der Waals surface area contributed by atoms with Gasteiger partial charge in [-0.25, -0.2) is 30.7 Å². The topological polar surface area (TPSA) is 0 Å². The molecule has 4 rings (SSSR count). The van der Waals surface area contributed by atoms with Crippen LogP contribution in [0.3, 0.4) is 0 Å². The van der Waals surface area contributed by atoms with E-state index in [1.54, 1.807) is 0 Å². The zero-order chi connectivity index (χ0) is 21.7. The van der Waals surface area contributed by atoms with Gasteiger partial charge in [-0.2, -0.15) is 26.3 Å².